The monoisotopic (exact) mass is 357 g/mol. The molecule has 0 aromatic heterocycles. The van der Waals surface area contributed by atoms with E-state index in [1.807, 2.05) is 30.3 Å². The molecule has 8 heteroatoms. The van der Waals surface area contributed by atoms with E-state index in [4.69, 9.17) is 4.74 Å². The standard InChI is InChI=1S/C17H22F3N3O2/c18-17(19,20)15-10-14(21-22-15)16(24)23-8-6-13(7-9-23)25-11-12-4-2-1-3-5-12/h1-5,13-15,21-22H,6-11H2. The van der Waals surface area contributed by atoms with E-state index in [0.29, 0.717) is 32.5 Å². The molecule has 2 N–H and O–H groups in total. The summed E-state index contributed by atoms with van der Waals surface area (Å²) >= 11 is 0. The van der Waals surface area contributed by atoms with E-state index in [1.165, 1.54) is 0 Å². The molecule has 138 valence electrons. The predicted molar refractivity (Wildman–Crippen MR) is 85.4 cm³/mol. The lowest BCUT2D eigenvalue weighted by molar-refractivity contribution is -0.153. The summed E-state index contributed by atoms with van der Waals surface area (Å²) in [4.78, 5) is 14.0. The summed E-state index contributed by atoms with van der Waals surface area (Å²) in [6.07, 6.45) is -3.16. The molecule has 25 heavy (non-hydrogen) atoms. The van der Waals surface area contributed by atoms with Crippen molar-refractivity contribution >= 4 is 5.91 Å². The molecule has 2 unspecified atom stereocenters. The van der Waals surface area contributed by atoms with Crippen molar-refractivity contribution in [1.82, 2.24) is 15.8 Å². The van der Waals surface area contributed by atoms with Gasteiger partial charge in [-0.05, 0) is 24.8 Å². The van der Waals surface area contributed by atoms with Crippen molar-refractivity contribution in [3.8, 4) is 0 Å². The van der Waals surface area contributed by atoms with Crippen LogP contribution in [0.5, 0.6) is 0 Å². The van der Waals surface area contributed by atoms with Gasteiger partial charge in [-0.2, -0.15) is 13.2 Å². The Balaban J connectivity index is 1.42. The maximum Gasteiger partial charge on any atom is 0.405 e. The topological polar surface area (TPSA) is 53.6 Å². The van der Waals surface area contributed by atoms with Crippen LogP contribution in [0, 0.1) is 0 Å². The lowest BCUT2D eigenvalue weighted by Gasteiger charge is -2.33. The molecule has 0 bridgehead atoms. The van der Waals surface area contributed by atoms with Gasteiger partial charge in [-0.25, -0.2) is 10.9 Å². The molecule has 2 saturated heterocycles. The van der Waals surface area contributed by atoms with Gasteiger partial charge in [-0.3, -0.25) is 4.79 Å². The van der Waals surface area contributed by atoms with E-state index in [9.17, 15) is 18.0 Å². The van der Waals surface area contributed by atoms with Crippen molar-refractivity contribution in [3.05, 3.63) is 35.9 Å². The second kappa shape index (κ2) is 7.72. The van der Waals surface area contributed by atoms with Crippen LogP contribution in [0.3, 0.4) is 0 Å². The first-order chi connectivity index (χ1) is 11.9. The first kappa shape index (κ1) is 18.2. The van der Waals surface area contributed by atoms with Gasteiger partial charge in [0, 0.05) is 13.1 Å². The summed E-state index contributed by atoms with van der Waals surface area (Å²) in [5, 5.41) is 0. The van der Waals surface area contributed by atoms with Crippen LogP contribution in [0.4, 0.5) is 13.2 Å². The van der Waals surface area contributed by atoms with Crippen molar-refractivity contribution < 1.29 is 22.7 Å². The summed E-state index contributed by atoms with van der Waals surface area (Å²) in [6, 6.07) is 7.35. The van der Waals surface area contributed by atoms with E-state index < -0.39 is 18.3 Å². The summed E-state index contributed by atoms with van der Waals surface area (Å²) in [5.74, 6) is -0.277. The fraction of sp³-hybridized carbons (Fsp3) is 0.588. The molecule has 1 aromatic carbocycles. The molecule has 2 aliphatic rings. The van der Waals surface area contributed by atoms with Crippen LogP contribution in [0.15, 0.2) is 30.3 Å². The van der Waals surface area contributed by atoms with E-state index in [1.54, 1.807) is 4.90 Å². The smallest absolute Gasteiger partial charge is 0.373 e. The molecule has 2 heterocycles. The van der Waals surface area contributed by atoms with Gasteiger partial charge in [0.05, 0.1) is 12.7 Å². The zero-order valence-electron chi connectivity index (χ0n) is 13.8. The van der Waals surface area contributed by atoms with Gasteiger partial charge in [0.15, 0.2) is 0 Å². The van der Waals surface area contributed by atoms with E-state index >= 15 is 0 Å². The normalized spacial score (nSPS) is 25.3. The fourth-order valence-corrected chi connectivity index (χ4v) is 3.18. The number of carbonyl (C=O) groups is 1. The van der Waals surface area contributed by atoms with Gasteiger partial charge in [0.1, 0.15) is 12.1 Å². The molecule has 1 amide bonds. The van der Waals surface area contributed by atoms with E-state index in [-0.39, 0.29) is 18.4 Å². The molecular weight excluding hydrogens is 335 g/mol. The number of hydrazine groups is 1. The second-order valence-electron chi connectivity index (χ2n) is 6.49. The highest BCUT2D eigenvalue weighted by molar-refractivity contribution is 5.82. The molecule has 5 nitrogen and oxygen atoms in total. The first-order valence-corrected chi connectivity index (χ1v) is 8.45. The molecule has 0 saturated carbocycles. The van der Waals surface area contributed by atoms with Gasteiger partial charge < -0.3 is 9.64 Å². The number of halogens is 3. The lowest BCUT2D eigenvalue weighted by atomic mass is 10.0. The Morgan fingerprint density at radius 2 is 1.84 bits per heavy atom. The van der Waals surface area contributed by atoms with Crippen LogP contribution >= 0.6 is 0 Å². The van der Waals surface area contributed by atoms with E-state index in [2.05, 4.69) is 10.9 Å². The van der Waals surface area contributed by atoms with E-state index in [0.717, 1.165) is 5.56 Å². The third-order valence-electron chi connectivity index (χ3n) is 4.68. The minimum Gasteiger partial charge on any atom is -0.373 e. The molecule has 2 atom stereocenters. The number of hydrogen-bond acceptors (Lipinski definition) is 4. The van der Waals surface area contributed by atoms with Crippen molar-refractivity contribution in [2.75, 3.05) is 13.1 Å². The largest absolute Gasteiger partial charge is 0.405 e. The number of amides is 1. The van der Waals surface area contributed by atoms with Gasteiger partial charge in [-0.1, -0.05) is 30.3 Å². The van der Waals surface area contributed by atoms with Crippen molar-refractivity contribution in [2.45, 2.75) is 50.2 Å². The number of carbonyl (C=O) groups excluding carboxylic acids is 1. The maximum absolute atomic E-state index is 12.7. The molecular formula is C17H22F3N3O2. The number of nitrogens with one attached hydrogen (secondary N) is 2. The molecule has 0 aliphatic carbocycles. The zero-order valence-corrected chi connectivity index (χ0v) is 13.8. The fourth-order valence-electron chi connectivity index (χ4n) is 3.18. The Morgan fingerprint density at radius 1 is 1.16 bits per heavy atom. The highest BCUT2D eigenvalue weighted by Crippen LogP contribution is 2.26. The van der Waals surface area contributed by atoms with Gasteiger partial charge in [-0.15, -0.1) is 0 Å². The summed E-state index contributed by atoms with van der Waals surface area (Å²) in [7, 11) is 0. The molecule has 0 radical (unpaired) electrons. The van der Waals surface area contributed by atoms with Crippen LogP contribution in [0.1, 0.15) is 24.8 Å². The summed E-state index contributed by atoms with van der Waals surface area (Å²) < 4.78 is 43.9. The highest BCUT2D eigenvalue weighted by Gasteiger charge is 2.46. The van der Waals surface area contributed by atoms with Crippen molar-refractivity contribution in [2.24, 2.45) is 0 Å². The molecule has 2 fully saturated rings. The Kier molecular flexibility index (Phi) is 5.61. The SMILES string of the molecule is O=C(C1CC(C(F)(F)F)NN1)N1CCC(OCc2ccccc2)CC1. The zero-order chi connectivity index (χ0) is 17.9. The Labute approximate surface area is 144 Å². The number of hydrogen-bond donors (Lipinski definition) is 2. The quantitative estimate of drug-likeness (QED) is 0.865. The Morgan fingerprint density at radius 3 is 2.44 bits per heavy atom. The van der Waals surface area contributed by atoms with Crippen molar-refractivity contribution in [3.63, 3.8) is 0 Å². The van der Waals surface area contributed by atoms with Gasteiger partial charge >= 0.3 is 6.18 Å². The third-order valence-corrected chi connectivity index (χ3v) is 4.68. The molecule has 2 aliphatic heterocycles. The predicted octanol–water partition coefficient (Wildman–Crippen LogP) is 1.99. The van der Waals surface area contributed by atoms with Crippen LogP contribution < -0.4 is 10.9 Å². The number of likely N-dealkylation sites (tertiary alicyclic amines) is 1. The van der Waals surface area contributed by atoms with Gasteiger partial charge in [0.2, 0.25) is 5.91 Å². The Bertz CT molecular complexity index is 574. The second-order valence-corrected chi connectivity index (χ2v) is 6.49. The maximum atomic E-state index is 12.7. The third kappa shape index (κ3) is 4.71. The van der Waals surface area contributed by atoms with Gasteiger partial charge in [0.25, 0.3) is 0 Å². The molecule has 3 rings (SSSR count). The highest BCUT2D eigenvalue weighted by atomic mass is 19.4. The summed E-state index contributed by atoms with van der Waals surface area (Å²) in [6.45, 7) is 1.54. The number of piperidine rings is 1. The van der Waals surface area contributed by atoms with Crippen LogP contribution in [0.25, 0.3) is 0 Å². The number of alkyl halides is 3. The lowest BCUT2D eigenvalue weighted by Crippen LogP contribution is -2.49. The summed E-state index contributed by atoms with van der Waals surface area (Å²) in [5.41, 5.74) is 5.74. The minimum atomic E-state index is -4.35. The van der Waals surface area contributed by atoms with Crippen LogP contribution in [-0.4, -0.2) is 48.3 Å². The average Bonchev–Trinajstić information content (AvgIpc) is 3.11. The number of benzene rings is 1. The van der Waals surface area contributed by atoms with Crippen LogP contribution in [0.2, 0.25) is 0 Å². The van der Waals surface area contributed by atoms with Crippen LogP contribution in [-0.2, 0) is 16.1 Å². The number of ether oxygens (including phenoxy) is 1. The number of rotatable bonds is 4. The first-order valence-electron chi connectivity index (χ1n) is 8.45. The van der Waals surface area contributed by atoms with Crippen molar-refractivity contribution in [1.29, 1.82) is 0 Å². The molecule has 1 aromatic rings. The Hall–Kier alpha value is -1.64. The minimum absolute atomic E-state index is 0.0711. The number of nitrogens with zero attached hydrogens (tertiary/aromatic N) is 1. The average molecular weight is 357 g/mol. The molecule has 0 spiro atoms.